The predicted octanol–water partition coefficient (Wildman–Crippen LogP) is 0.731. The van der Waals surface area contributed by atoms with E-state index in [0.29, 0.717) is 5.56 Å². The molecule has 0 atom stereocenters. The summed E-state index contributed by atoms with van der Waals surface area (Å²) in [5, 5.41) is 0. The number of esters is 1. The normalized spacial score (nSPS) is 11.1. The first-order chi connectivity index (χ1) is 8.86. The van der Waals surface area contributed by atoms with Gasteiger partial charge in [0.05, 0.1) is 18.4 Å². The van der Waals surface area contributed by atoms with Gasteiger partial charge in [-0.2, -0.15) is 0 Å². The number of ether oxygens (including phenoxy) is 1. The van der Waals surface area contributed by atoms with Crippen molar-refractivity contribution in [3.8, 4) is 0 Å². The molecule has 1 N–H and O–H groups in total. The van der Waals surface area contributed by atoms with E-state index >= 15 is 0 Å². The number of ketones is 1. The summed E-state index contributed by atoms with van der Waals surface area (Å²) in [6.07, 6.45) is -0.0404. The highest BCUT2D eigenvalue weighted by Gasteiger charge is 2.14. The molecule has 6 nitrogen and oxygen atoms in total. The Bertz CT molecular complexity index is 562. The van der Waals surface area contributed by atoms with Crippen molar-refractivity contribution in [3.63, 3.8) is 0 Å². The van der Waals surface area contributed by atoms with Crippen LogP contribution in [0.5, 0.6) is 0 Å². The van der Waals surface area contributed by atoms with Crippen molar-refractivity contribution in [3.05, 3.63) is 29.8 Å². The fourth-order valence-electron chi connectivity index (χ4n) is 1.34. The van der Waals surface area contributed by atoms with E-state index in [9.17, 15) is 18.0 Å². The Kier molecular flexibility index (Phi) is 5.20. The second-order valence-electron chi connectivity index (χ2n) is 3.80. The smallest absolute Gasteiger partial charge is 0.306 e. The van der Waals surface area contributed by atoms with Crippen LogP contribution in [-0.4, -0.2) is 33.8 Å². The molecule has 0 spiro atoms. The van der Waals surface area contributed by atoms with E-state index in [4.69, 9.17) is 0 Å². The lowest BCUT2D eigenvalue weighted by Crippen LogP contribution is -2.26. The van der Waals surface area contributed by atoms with Crippen LogP contribution in [0.15, 0.2) is 29.2 Å². The van der Waals surface area contributed by atoms with Gasteiger partial charge in [-0.1, -0.05) is 12.1 Å². The maximum atomic E-state index is 11.8. The minimum absolute atomic E-state index is 0.0382. The number of carbonyl (C=O) groups is 2. The number of hydrogen-bond donors (Lipinski definition) is 1. The van der Waals surface area contributed by atoms with Gasteiger partial charge in [0, 0.05) is 12.1 Å². The lowest BCUT2D eigenvalue weighted by molar-refractivity contribution is -0.140. The Morgan fingerprint density at radius 1 is 1.21 bits per heavy atom. The number of nitrogens with one attached hydrogen (secondary N) is 1. The second-order valence-corrected chi connectivity index (χ2v) is 5.57. The lowest BCUT2D eigenvalue weighted by atomic mass is 10.2. The molecule has 104 valence electrons. The van der Waals surface area contributed by atoms with Crippen LogP contribution in [0.3, 0.4) is 0 Å². The molecule has 1 aromatic carbocycles. The number of methoxy groups -OCH3 is 1. The molecule has 0 saturated heterocycles. The van der Waals surface area contributed by atoms with Gasteiger partial charge in [0.25, 0.3) is 0 Å². The van der Waals surface area contributed by atoms with E-state index in [1.807, 2.05) is 0 Å². The average Bonchev–Trinajstić information content (AvgIpc) is 2.38. The number of carbonyl (C=O) groups excluding carboxylic acids is 2. The Labute approximate surface area is 111 Å². The van der Waals surface area contributed by atoms with E-state index in [0.717, 1.165) is 0 Å². The minimum atomic E-state index is -3.68. The molecule has 19 heavy (non-hydrogen) atoms. The van der Waals surface area contributed by atoms with Gasteiger partial charge in [-0.3, -0.25) is 9.59 Å². The first-order valence-electron chi connectivity index (χ1n) is 5.54. The molecular weight excluding hydrogens is 270 g/mol. The van der Waals surface area contributed by atoms with E-state index in [2.05, 4.69) is 9.46 Å². The van der Waals surface area contributed by atoms with Crippen molar-refractivity contribution in [2.75, 3.05) is 13.7 Å². The zero-order valence-corrected chi connectivity index (χ0v) is 11.5. The topological polar surface area (TPSA) is 89.5 Å². The van der Waals surface area contributed by atoms with Crippen LogP contribution in [0.25, 0.3) is 0 Å². The summed E-state index contributed by atoms with van der Waals surface area (Å²) in [6, 6.07) is 5.57. The van der Waals surface area contributed by atoms with Crippen molar-refractivity contribution < 1.29 is 22.7 Å². The van der Waals surface area contributed by atoms with Crippen LogP contribution < -0.4 is 4.72 Å². The summed E-state index contributed by atoms with van der Waals surface area (Å²) >= 11 is 0. The summed E-state index contributed by atoms with van der Waals surface area (Å²) in [4.78, 5) is 22.0. The molecule has 0 saturated carbocycles. The molecule has 0 amide bonds. The highest BCUT2D eigenvalue weighted by Crippen LogP contribution is 2.10. The highest BCUT2D eigenvalue weighted by molar-refractivity contribution is 7.89. The molecule has 0 aromatic heterocycles. The Morgan fingerprint density at radius 2 is 1.79 bits per heavy atom. The quantitative estimate of drug-likeness (QED) is 0.615. The average molecular weight is 285 g/mol. The Balaban J connectivity index is 2.72. The lowest BCUT2D eigenvalue weighted by Gasteiger charge is -2.06. The van der Waals surface area contributed by atoms with Gasteiger partial charge in [-0.05, 0) is 19.1 Å². The molecule has 0 aliphatic heterocycles. The van der Waals surface area contributed by atoms with Crippen LogP contribution in [0, 0.1) is 0 Å². The number of Topliss-reactive ketones (excluding diaryl/α,β-unsaturated/α-hetero) is 1. The monoisotopic (exact) mass is 285 g/mol. The Hall–Kier alpha value is -1.73. The fourth-order valence-corrected chi connectivity index (χ4v) is 2.37. The van der Waals surface area contributed by atoms with Gasteiger partial charge < -0.3 is 4.74 Å². The zero-order chi connectivity index (χ0) is 14.5. The van der Waals surface area contributed by atoms with Crippen LogP contribution in [-0.2, 0) is 19.6 Å². The summed E-state index contributed by atoms with van der Waals surface area (Å²) in [7, 11) is -2.44. The van der Waals surface area contributed by atoms with Crippen molar-refractivity contribution in [1.82, 2.24) is 4.72 Å². The zero-order valence-electron chi connectivity index (χ0n) is 10.7. The molecular formula is C12H15NO5S. The number of hydrogen-bond acceptors (Lipinski definition) is 5. The van der Waals surface area contributed by atoms with Gasteiger partial charge in [0.15, 0.2) is 5.78 Å². The molecule has 7 heteroatoms. The van der Waals surface area contributed by atoms with Crippen LogP contribution in [0.4, 0.5) is 0 Å². The number of benzene rings is 1. The third-order valence-electron chi connectivity index (χ3n) is 2.42. The predicted molar refractivity (Wildman–Crippen MR) is 68.3 cm³/mol. The number of sulfonamides is 1. The maximum Gasteiger partial charge on any atom is 0.306 e. The summed E-state index contributed by atoms with van der Waals surface area (Å²) < 4.78 is 30.3. The molecule has 0 aliphatic carbocycles. The molecule has 0 aliphatic rings. The van der Waals surface area contributed by atoms with Crippen molar-refractivity contribution in [1.29, 1.82) is 0 Å². The van der Waals surface area contributed by atoms with Gasteiger partial charge in [-0.25, -0.2) is 13.1 Å². The van der Waals surface area contributed by atoms with Crippen molar-refractivity contribution in [2.24, 2.45) is 0 Å². The Morgan fingerprint density at radius 3 is 2.26 bits per heavy atom. The molecule has 0 heterocycles. The number of rotatable bonds is 6. The van der Waals surface area contributed by atoms with Gasteiger partial charge >= 0.3 is 5.97 Å². The van der Waals surface area contributed by atoms with E-state index < -0.39 is 16.0 Å². The van der Waals surface area contributed by atoms with Crippen LogP contribution >= 0.6 is 0 Å². The SMILES string of the molecule is COC(=O)CCNS(=O)(=O)c1ccc(C(C)=O)cc1. The summed E-state index contributed by atoms with van der Waals surface area (Å²) in [6.45, 7) is 1.36. The van der Waals surface area contributed by atoms with E-state index in [1.165, 1.54) is 38.3 Å². The minimum Gasteiger partial charge on any atom is -0.469 e. The summed E-state index contributed by atoms with van der Waals surface area (Å²) in [5.41, 5.74) is 0.438. The van der Waals surface area contributed by atoms with E-state index in [1.54, 1.807) is 0 Å². The van der Waals surface area contributed by atoms with Gasteiger partial charge in [0.1, 0.15) is 0 Å². The van der Waals surface area contributed by atoms with Gasteiger partial charge in [-0.15, -0.1) is 0 Å². The third-order valence-corrected chi connectivity index (χ3v) is 3.90. The maximum absolute atomic E-state index is 11.8. The first-order valence-corrected chi connectivity index (χ1v) is 7.02. The molecule has 0 unspecified atom stereocenters. The van der Waals surface area contributed by atoms with E-state index in [-0.39, 0.29) is 23.6 Å². The first kappa shape index (κ1) is 15.3. The van der Waals surface area contributed by atoms with Crippen molar-refractivity contribution >= 4 is 21.8 Å². The molecule has 0 radical (unpaired) electrons. The second kappa shape index (κ2) is 6.44. The fraction of sp³-hybridized carbons (Fsp3) is 0.333. The standard InChI is InChI=1S/C12H15NO5S/c1-9(14)10-3-5-11(6-4-10)19(16,17)13-8-7-12(15)18-2/h3-6,13H,7-8H2,1-2H3. The van der Waals surface area contributed by atoms with Gasteiger partial charge in [0.2, 0.25) is 10.0 Å². The van der Waals surface area contributed by atoms with Crippen LogP contribution in [0.1, 0.15) is 23.7 Å². The molecule has 1 rings (SSSR count). The van der Waals surface area contributed by atoms with Crippen LogP contribution in [0.2, 0.25) is 0 Å². The molecule has 0 fully saturated rings. The third kappa shape index (κ3) is 4.46. The molecule has 1 aromatic rings. The summed E-state index contributed by atoms with van der Waals surface area (Å²) in [5.74, 6) is -0.628. The largest absolute Gasteiger partial charge is 0.469 e. The van der Waals surface area contributed by atoms with Crippen molar-refractivity contribution in [2.45, 2.75) is 18.2 Å². The highest BCUT2D eigenvalue weighted by atomic mass is 32.2. The molecule has 0 bridgehead atoms.